The Kier molecular flexibility index (Phi) is 4.18. The summed E-state index contributed by atoms with van der Waals surface area (Å²) in [7, 11) is 0. The van der Waals surface area contributed by atoms with Crippen molar-refractivity contribution in [3.63, 3.8) is 0 Å². The van der Waals surface area contributed by atoms with Gasteiger partial charge in [-0.15, -0.1) is 0 Å². The molecule has 0 radical (unpaired) electrons. The smallest absolute Gasteiger partial charge is 0.408 e. The number of carbonyl (C=O) groups is 2. The summed E-state index contributed by atoms with van der Waals surface area (Å²) < 4.78 is 5.06. The standard InChI is InChI=1S/C12H19N3O4/c1-11(2,3)19-10(18)15-12(4,9(16)17)5-8-6-13-7-14-8/h6-7H,5H2,1-4H3,(H,13,14)(H,15,18)(H,16,17)/t12-/m0/s1. The maximum absolute atomic E-state index is 11.7. The van der Waals surface area contributed by atoms with Gasteiger partial charge in [-0.1, -0.05) is 0 Å². The number of amides is 1. The number of nitrogens with zero attached hydrogens (tertiary/aromatic N) is 1. The third-order valence-electron chi connectivity index (χ3n) is 2.34. The van der Waals surface area contributed by atoms with Crippen molar-refractivity contribution in [2.45, 2.75) is 45.3 Å². The number of imidazole rings is 1. The molecule has 0 aliphatic heterocycles. The molecule has 0 aliphatic rings. The van der Waals surface area contributed by atoms with Crippen molar-refractivity contribution >= 4 is 12.1 Å². The van der Waals surface area contributed by atoms with Gasteiger partial charge in [0.25, 0.3) is 0 Å². The van der Waals surface area contributed by atoms with E-state index in [0.717, 1.165) is 0 Å². The van der Waals surface area contributed by atoms with Crippen molar-refractivity contribution in [3.8, 4) is 0 Å². The molecule has 1 atom stereocenters. The molecule has 19 heavy (non-hydrogen) atoms. The third-order valence-corrected chi connectivity index (χ3v) is 2.34. The lowest BCUT2D eigenvalue weighted by molar-refractivity contribution is -0.144. The number of alkyl carbamates (subject to hydrolysis) is 1. The molecule has 0 spiro atoms. The van der Waals surface area contributed by atoms with E-state index in [-0.39, 0.29) is 6.42 Å². The second-order valence-corrected chi connectivity index (χ2v) is 5.50. The van der Waals surface area contributed by atoms with Gasteiger partial charge in [-0.25, -0.2) is 14.6 Å². The summed E-state index contributed by atoms with van der Waals surface area (Å²) in [4.78, 5) is 29.7. The molecule has 0 aromatic carbocycles. The Morgan fingerprint density at radius 2 is 2.05 bits per heavy atom. The zero-order valence-corrected chi connectivity index (χ0v) is 11.5. The maximum Gasteiger partial charge on any atom is 0.408 e. The molecule has 106 valence electrons. The molecule has 7 nitrogen and oxygen atoms in total. The minimum absolute atomic E-state index is 0.0606. The molecular weight excluding hydrogens is 250 g/mol. The van der Waals surface area contributed by atoms with Crippen molar-refractivity contribution in [2.75, 3.05) is 0 Å². The van der Waals surface area contributed by atoms with Gasteiger partial charge in [0.1, 0.15) is 11.1 Å². The Balaban J connectivity index is 2.77. The van der Waals surface area contributed by atoms with E-state index in [1.54, 1.807) is 27.0 Å². The maximum atomic E-state index is 11.7. The van der Waals surface area contributed by atoms with Gasteiger partial charge in [-0.3, -0.25) is 0 Å². The van der Waals surface area contributed by atoms with Gasteiger partial charge in [0.2, 0.25) is 0 Å². The van der Waals surface area contributed by atoms with Crippen molar-refractivity contribution < 1.29 is 19.4 Å². The Morgan fingerprint density at radius 1 is 1.42 bits per heavy atom. The minimum Gasteiger partial charge on any atom is -0.480 e. The summed E-state index contributed by atoms with van der Waals surface area (Å²) >= 11 is 0. The summed E-state index contributed by atoms with van der Waals surface area (Å²) in [6.45, 7) is 6.53. The van der Waals surface area contributed by atoms with Crippen molar-refractivity contribution in [1.29, 1.82) is 0 Å². The van der Waals surface area contributed by atoms with Gasteiger partial charge in [0.15, 0.2) is 0 Å². The van der Waals surface area contributed by atoms with E-state index >= 15 is 0 Å². The van der Waals surface area contributed by atoms with E-state index < -0.39 is 23.2 Å². The van der Waals surface area contributed by atoms with E-state index in [2.05, 4.69) is 15.3 Å². The fourth-order valence-corrected chi connectivity index (χ4v) is 1.45. The van der Waals surface area contributed by atoms with Crippen LogP contribution in [0.15, 0.2) is 12.5 Å². The molecule has 3 N–H and O–H groups in total. The molecule has 1 heterocycles. The van der Waals surface area contributed by atoms with E-state index in [1.165, 1.54) is 13.3 Å². The van der Waals surface area contributed by atoms with Crippen molar-refractivity contribution in [3.05, 3.63) is 18.2 Å². The number of carboxylic acid groups (broad SMARTS) is 1. The van der Waals surface area contributed by atoms with Crippen LogP contribution in [0.5, 0.6) is 0 Å². The third kappa shape index (κ3) is 4.61. The van der Waals surface area contributed by atoms with Crippen molar-refractivity contribution in [1.82, 2.24) is 15.3 Å². The topological polar surface area (TPSA) is 104 Å². The number of hydrogen-bond donors (Lipinski definition) is 3. The lowest BCUT2D eigenvalue weighted by Gasteiger charge is -2.27. The SMILES string of the molecule is CC(C)(C)OC(=O)N[C@@](C)(Cc1c[nH]cn1)C(=O)O. The van der Waals surface area contributed by atoms with Gasteiger partial charge in [0.05, 0.1) is 12.0 Å². The fourth-order valence-electron chi connectivity index (χ4n) is 1.45. The summed E-state index contributed by atoms with van der Waals surface area (Å²) in [5, 5.41) is 11.6. The lowest BCUT2D eigenvalue weighted by Crippen LogP contribution is -2.54. The molecule has 7 heteroatoms. The second-order valence-electron chi connectivity index (χ2n) is 5.50. The average molecular weight is 269 g/mol. The highest BCUT2D eigenvalue weighted by atomic mass is 16.6. The van der Waals surface area contributed by atoms with E-state index in [1.807, 2.05) is 0 Å². The van der Waals surface area contributed by atoms with Gasteiger partial charge in [0, 0.05) is 12.6 Å². The van der Waals surface area contributed by atoms with Crippen LogP contribution in [0.3, 0.4) is 0 Å². The molecule has 1 aromatic rings. The van der Waals surface area contributed by atoms with Crippen LogP contribution in [-0.4, -0.2) is 38.3 Å². The number of rotatable bonds is 4. The molecule has 0 aliphatic carbocycles. The fraction of sp³-hybridized carbons (Fsp3) is 0.583. The molecule has 1 amide bonds. The van der Waals surface area contributed by atoms with Crippen LogP contribution >= 0.6 is 0 Å². The molecule has 0 saturated heterocycles. The lowest BCUT2D eigenvalue weighted by atomic mass is 9.96. The molecule has 1 rings (SSSR count). The monoisotopic (exact) mass is 269 g/mol. The predicted molar refractivity (Wildman–Crippen MR) is 67.7 cm³/mol. The minimum atomic E-state index is -1.47. The zero-order valence-electron chi connectivity index (χ0n) is 11.5. The number of carbonyl (C=O) groups excluding carboxylic acids is 1. The van der Waals surface area contributed by atoms with Crippen LogP contribution in [-0.2, 0) is 16.0 Å². The molecular formula is C12H19N3O4. The van der Waals surface area contributed by atoms with Crippen LogP contribution in [0.1, 0.15) is 33.4 Å². The first-order chi connectivity index (χ1) is 8.62. The van der Waals surface area contributed by atoms with Gasteiger partial charge < -0.3 is 20.1 Å². The van der Waals surface area contributed by atoms with Crippen molar-refractivity contribution in [2.24, 2.45) is 0 Å². The second kappa shape index (κ2) is 5.29. The van der Waals surface area contributed by atoms with Gasteiger partial charge in [-0.05, 0) is 27.7 Å². The first-order valence-corrected chi connectivity index (χ1v) is 5.85. The summed E-state index contributed by atoms with van der Waals surface area (Å²) in [5.41, 5.74) is -1.62. The summed E-state index contributed by atoms with van der Waals surface area (Å²) in [6.07, 6.45) is 2.32. The van der Waals surface area contributed by atoms with E-state index in [9.17, 15) is 14.7 Å². The molecule has 0 fully saturated rings. The van der Waals surface area contributed by atoms with Crippen LogP contribution in [0.25, 0.3) is 0 Å². The number of aromatic amines is 1. The van der Waals surface area contributed by atoms with E-state index in [0.29, 0.717) is 5.69 Å². The van der Waals surface area contributed by atoms with Gasteiger partial charge >= 0.3 is 12.1 Å². The summed E-state index contributed by atoms with van der Waals surface area (Å²) in [6, 6.07) is 0. The Hall–Kier alpha value is -2.05. The Labute approximate surface area is 111 Å². The highest BCUT2D eigenvalue weighted by Crippen LogP contribution is 2.14. The number of ether oxygens (including phenoxy) is 1. The Morgan fingerprint density at radius 3 is 2.47 bits per heavy atom. The molecule has 0 saturated carbocycles. The van der Waals surface area contributed by atoms with Crippen LogP contribution < -0.4 is 5.32 Å². The number of H-pyrrole nitrogens is 1. The number of hydrogen-bond acceptors (Lipinski definition) is 4. The molecule has 0 bridgehead atoms. The van der Waals surface area contributed by atoms with Gasteiger partial charge in [-0.2, -0.15) is 0 Å². The summed E-state index contributed by atoms with van der Waals surface area (Å²) in [5.74, 6) is -1.15. The number of aromatic nitrogens is 2. The zero-order chi connectivity index (χ0) is 14.7. The molecule has 1 aromatic heterocycles. The normalized spacial score (nSPS) is 14.5. The first kappa shape index (κ1) is 15.0. The van der Waals surface area contributed by atoms with Crippen LogP contribution in [0.2, 0.25) is 0 Å². The molecule has 0 unspecified atom stereocenters. The quantitative estimate of drug-likeness (QED) is 0.764. The number of carboxylic acids is 1. The number of nitrogens with one attached hydrogen (secondary N) is 2. The first-order valence-electron chi connectivity index (χ1n) is 5.85. The predicted octanol–water partition coefficient (Wildman–Crippen LogP) is 1.32. The average Bonchev–Trinajstić information content (AvgIpc) is 2.66. The highest BCUT2D eigenvalue weighted by Gasteiger charge is 2.37. The van der Waals surface area contributed by atoms with Crippen LogP contribution in [0, 0.1) is 0 Å². The largest absolute Gasteiger partial charge is 0.480 e. The highest BCUT2D eigenvalue weighted by molar-refractivity contribution is 5.84. The Bertz CT molecular complexity index is 450. The van der Waals surface area contributed by atoms with E-state index in [4.69, 9.17) is 4.74 Å². The number of aliphatic carboxylic acids is 1. The van der Waals surface area contributed by atoms with Crippen LogP contribution in [0.4, 0.5) is 4.79 Å².